The third kappa shape index (κ3) is 6.03. The van der Waals surface area contributed by atoms with Crippen molar-refractivity contribution in [3.8, 4) is 22.1 Å². The van der Waals surface area contributed by atoms with Crippen LogP contribution >= 0.6 is 11.3 Å². The summed E-state index contributed by atoms with van der Waals surface area (Å²) in [4.78, 5) is 35.0. The molecule has 0 unspecified atom stereocenters. The molecule has 0 bridgehead atoms. The first-order valence-corrected chi connectivity index (χ1v) is 13.3. The Balaban J connectivity index is 1.36. The average Bonchev–Trinajstić information content (AvgIpc) is 3.59. The minimum absolute atomic E-state index is 0.129. The summed E-state index contributed by atoms with van der Waals surface area (Å²) in [5, 5.41) is 13.3. The molecule has 38 heavy (non-hydrogen) atoms. The fraction of sp³-hybridized carbons (Fsp3) is 0.286. The highest BCUT2D eigenvalue weighted by Crippen LogP contribution is 2.32. The van der Waals surface area contributed by atoms with Crippen LogP contribution < -0.4 is 10.1 Å². The zero-order valence-electron chi connectivity index (χ0n) is 21.3. The maximum atomic E-state index is 12.9. The van der Waals surface area contributed by atoms with Gasteiger partial charge >= 0.3 is 0 Å². The van der Waals surface area contributed by atoms with E-state index in [1.807, 2.05) is 35.2 Å². The van der Waals surface area contributed by atoms with Gasteiger partial charge in [0.2, 0.25) is 5.91 Å². The van der Waals surface area contributed by atoms with Crippen LogP contribution in [-0.2, 0) is 17.9 Å². The van der Waals surface area contributed by atoms with Gasteiger partial charge in [-0.1, -0.05) is 31.3 Å². The Hall–Kier alpha value is -4.18. The fourth-order valence-electron chi connectivity index (χ4n) is 4.07. The molecule has 1 saturated heterocycles. The largest absolute Gasteiger partial charge is 0.457 e. The standard InChI is InChI=1S/C28H28N6O3S/c1-18(2)27-32-33-28(38-27)19-7-9-23(10-8-19)37-24-14-20(26(36)30-15-22-11-12-29-17-31-22)5-6-21(24)16-34-13-3-4-25(34)35/h5-12,14,17-18H,3-4,13,15-16H2,1-2H3,(H,30,36). The number of amides is 2. The molecule has 2 aromatic carbocycles. The zero-order valence-corrected chi connectivity index (χ0v) is 22.1. The second kappa shape index (κ2) is 11.5. The van der Waals surface area contributed by atoms with Crippen molar-refractivity contribution >= 4 is 23.2 Å². The van der Waals surface area contributed by atoms with E-state index in [2.05, 4.69) is 39.3 Å². The third-order valence-corrected chi connectivity index (χ3v) is 7.47. The van der Waals surface area contributed by atoms with Gasteiger partial charge in [-0.05, 0) is 48.9 Å². The third-order valence-electron chi connectivity index (χ3n) is 6.20. The Kier molecular flexibility index (Phi) is 7.69. The maximum absolute atomic E-state index is 12.9. The summed E-state index contributed by atoms with van der Waals surface area (Å²) >= 11 is 1.58. The van der Waals surface area contributed by atoms with Crippen molar-refractivity contribution in [2.24, 2.45) is 0 Å². The number of ether oxygens (including phenoxy) is 1. The predicted octanol–water partition coefficient (Wildman–Crippen LogP) is 4.96. The molecule has 194 valence electrons. The van der Waals surface area contributed by atoms with Crippen LogP contribution in [0.3, 0.4) is 0 Å². The van der Waals surface area contributed by atoms with Crippen LogP contribution in [0.1, 0.15) is 59.2 Å². The number of likely N-dealkylation sites (tertiary alicyclic amines) is 1. The molecule has 4 aromatic rings. The topological polar surface area (TPSA) is 110 Å². The van der Waals surface area contributed by atoms with Gasteiger partial charge in [0.05, 0.1) is 12.2 Å². The maximum Gasteiger partial charge on any atom is 0.251 e. The first kappa shape index (κ1) is 25.5. The Morgan fingerprint density at radius 2 is 1.97 bits per heavy atom. The predicted molar refractivity (Wildman–Crippen MR) is 144 cm³/mol. The molecule has 9 nitrogen and oxygen atoms in total. The number of hydrogen-bond acceptors (Lipinski definition) is 8. The van der Waals surface area contributed by atoms with Crippen molar-refractivity contribution in [3.63, 3.8) is 0 Å². The molecule has 0 saturated carbocycles. The zero-order chi connectivity index (χ0) is 26.5. The molecule has 1 aliphatic rings. The van der Waals surface area contributed by atoms with Gasteiger partial charge < -0.3 is 15.0 Å². The second-order valence-corrected chi connectivity index (χ2v) is 10.4. The lowest BCUT2D eigenvalue weighted by molar-refractivity contribution is -0.128. The van der Waals surface area contributed by atoms with Crippen LogP contribution in [0, 0.1) is 0 Å². The van der Waals surface area contributed by atoms with E-state index in [9.17, 15) is 9.59 Å². The molecule has 0 spiro atoms. The fourth-order valence-corrected chi connectivity index (χ4v) is 4.92. The number of benzene rings is 2. The van der Waals surface area contributed by atoms with Crippen molar-refractivity contribution in [1.82, 2.24) is 30.4 Å². The number of aromatic nitrogens is 4. The van der Waals surface area contributed by atoms with Gasteiger partial charge in [-0.2, -0.15) is 0 Å². The Morgan fingerprint density at radius 3 is 2.66 bits per heavy atom. The summed E-state index contributed by atoms with van der Waals surface area (Å²) in [6.07, 6.45) is 4.49. The summed E-state index contributed by atoms with van der Waals surface area (Å²) in [6, 6.07) is 14.7. The van der Waals surface area contributed by atoms with Gasteiger partial charge in [-0.15, -0.1) is 10.2 Å². The molecule has 3 heterocycles. The molecule has 1 aliphatic heterocycles. The van der Waals surface area contributed by atoms with Gasteiger partial charge in [0.1, 0.15) is 27.8 Å². The van der Waals surface area contributed by atoms with Crippen molar-refractivity contribution in [2.75, 3.05) is 6.54 Å². The van der Waals surface area contributed by atoms with E-state index in [4.69, 9.17) is 4.74 Å². The van der Waals surface area contributed by atoms with Crippen LogP contribution in [0.5, 0.6) is 11.5 Å². The first-order chi connectivity index (χ1) is 18.5. The van der Waals surface area contributed by atoms with E-state index < -0.39 is 0 Å². The number of carbonyl (C=O) groups excluding carboxylic acids is 2. The molecule has 5 rings (SSSR count). The second-order valence-electron chi connectivity index (χ2n) is 9.35. The molecule has 1 fully saturated rings. The van der Waals surface area contributed by atoms with Crippen molar-refractivity contribution in [3.05, 3.63) is 82.9 Å². The number of nitrogens with zero attached hydrogens (tertiary/aromatic N) is 5. The normalized spacial score (nSPS) is 13.2. The molecular formula is C28H28N6O3S. The minimum Gasteiger partial charge on any atom is -0.457 e. The summed E-state index contributed by atoms with van der Waals surface area (Å²) in [6.45, 7) is 5.62. The smallest absolute Gasteiger partial charge is 0.251 e. The molecule has 1 N–H and O–H groups in total. The van der Waals surface area contributed by atoms with Gasteiger partial charge in [0.15, 0.2) is 0 Å². The lowest BCUT2D eigenvalue weighted by Gasteiger charge is -2.19. The lowest BCUT2D eigenvalue weighted by atomic mass is 10.1. The molecule has 2 amide bonds. The highest BCUT2D eigenvalue weighted by molar-refractivity contribution is 7.14. The van der Waals surface area contributed by atoms with Crippen LogP contribution in [0.4, 0.5) is 0 Å². The Morgan fingerprint density at radius 1 is 1.13 bits per heavy atom. The van der Waals surface area contributed by atoms with E-state index in [-0.39, 0.29) is 18.4 Å². The van der Waals surface area contributed by atoms with E-state index in [1.54, 1.807) is 35.7 Å². The van der Waals surface area contributed by atoms with Crippen molar-refractivity contribution in [2.45, 2.75) is 45.7 Å². The highest BCUT2D eigenvalue weighted by atomic mass is 32.1. The quantitative estimate of drug-likeness (QED) is 0.327. The summed E-state index contributed by atoms with van der Waals surface area (Å²) in [5.41, 5.74) is 2.96. The van der Waals surface area contributed by atoms with Crippen LogP contribution in [0.25, 0.3) is 10.6 Å². The Labute approximate surface area is 224 Å². The number of nitrogens with one attached hydrogen (secondary N) is 1. The SMILES string of the molecule is CC(C)c1nnc(-c2ccc(Oc3cc(C(=O)NCc4ccncn4)ccc3CN3CCCC3=O)cc2)s1. The Bertz CT molecular complexity index is 1420. The van der Waals surface area contributed by atoms with E-state index in [0.717, 1.165) is 27.6 Å². The molecular weight excluding hydrogens is 500 g/mol. The number of hydrogen-bond donors (Lipinski definition) is 1. The van der Waals surface area contributed by atoms with Crippen LogP contribution in [0.15, 0.2) is 61.1 Å². The molecule has 10 heteroatoms. The average molecular weight is 529 g/mol. The van der Waals surface area contributed by atoms with E-state index in [1.165, 1.54) is 6.33 Å². The number of rotatable bonds is 9. The molecule has 2 aromatic heterocycles. The van der Waals surface area contributed by atoms with Crippen LogP contribution in [0.2, 0.25) is 0 Å². The van der Waals surface area contributed by atoms with E-state index >= 15 is 0 Å². The lowest BCUT2D eigenvalue weighted by Crippen LogP contribution is -2.25. The van der Waals surface area contributed by atoms with Gasteiger partial charge in [-0.3, -0.25) is 9.59 Å². The van der Waals surface area contributed by atoms with Gasteiger partial charge in [-0.25, -0.2) is 9.97 Å². The van der Waals surface area contributed by atoms with Gasteiger partial charge in [0, 0.05) is 48.3 Å². The minimum atomic E-state index is -0.246. The number of carbonyl (C=O) groups is 2. The summed E-state index contributed by atoms with van der Waals surface area (Å²) in [5.74, 6) is 1.37. The van der Waals surface area contributed by atoms with E-state index in [0.29, 0.717) is 48.2 Å². The van der Waals surface area contributed by atoms with Crippen molar-refractivity contribution < 1.29 is 14.3 Å². The molecule has 0 radical (unpaired) electrons. The van der Waals surface area contributed by atoms with Crippen LogP contribution in [-0.4, -0.2) is 43.4 Å². The van der Waals surface area contributed by atoms with Gasteiger partial charge in [0.25, 0.3) is 5.91 Å². The highest BCUT2D eigenvalue weighted by Gasteiger charge is 2.22. The summed E-state index contributed by atoms with van der Waals surface area (Å²) in [7, 11) is 0. The summed E-state index contributed by atoms with van der Waals surface area (Å²) < 4.78 is 6.27. The van der Waals surface area contributed by atoms with Crippen molar-refractivity contribution in [1.29, 1.82) is 0 Å². The molecule has 0 aliphatic carbocycles. The molecule has 0 atom stereocenters. The monoisotopic (exact) mass is 528 g/mol. The first-order valence-electron chi connectivity index (χ1n) is 12.5.